The first kappa shape index (κ1) is 14.7. The molecule has 1 aromatic heterocycles. The van der Waals surface area contributed by atoms with Crippen LogP contribution < -0.4 is 10.3 Å². The summed E-state index contributed by atoms with van der Waals surface area (Å²) in [7, 11) is 3.97. The van der Waals surface area contributed by atoms with Crippen molar-refractivity contribution in [3.8, 4) is 0 Å². The number of aromatic nitrogens is 1. The summed E-state index contributed by atoms with van der Waals surface area (Å²) in [5.74, 6) is -0.274. The van der Waals surface area contributed by atoms with E-state index in [1.54, 1.807) is 18.3 Å². The molecule has 1 aromatic carbocycles. The molecule has 0 aliphatic rings. The predicted molar refractivity (Wildman–Crippen MR) is 84.8 cm³/mol. The Bertz CT molecular complexity index is 630. The van der Waals surface area contributed by atoms with Gasteiger partial charge in [0.15, 0.2) is 0 Å². The number of benzene rings is 1. The second-order valence-electron chi connectivity index (χ2n) is 4.87. The number of anilines is 1. The highest BCUT2D eigenvalue weighted by atomic mass is 16.2. The van der Waals surface area contributed by atoms with E-state index in [1.165, 1.54) is 6.20 Å². The van der Waals surface area contributed by atoms with E-state index < -0.39 is 0 Å². The summed E-state index contributed by atoms with van der Waals surface area (Å²) >= 11 is 0. The number of hydrazone groups is 1. The third-order valence-electron chi connectivity index (χ3n) is 2.96. The van der Waals surface area contributed by atoms with Crippen LogP contribution in [0.5, 0.6) is 0 Å². The van der Waals surface area contributed by atoms with Crippen LogP contribution in [0, 0.1) is 6.92 Å². The fraction of sp³-hybridized carbons (Fsp3) is 0.188. The third kappa shape index (κ3) is 4.14. The van der Waals surface area contributed by atoms with Crippen LogP contribution in [-0.4, -0.2) is 31.2 Å². The molecule has 0 unspecified atom stereocenters. The Morgan fingerprint density at radius 3 is 2.48 bits per heavy atom. The minimum Gasteiger partial charge on any atom is -0.378 e. The van der Waals surface area contributed by atoms with Gasteiger partial charge in [-0.1, -0.05) is 12.1 Å². The largest absolute Gasteiger partial charge is 0.378 e. The van der Waals surface area contributed by atoms with Crippen molar-refractivity contribution < 1.29 is 4.79 Å². The number of aryl methyl sites for hydroxylation is 1. The zero-order chi connectivity index (χ0) is 15.2. The van der Waals surface area contributed by atoms with Crippen LogP contribution in [0.25, 0.3) is 0 Å². The number of pyridine rings is 1. The fourth-order valence-electron chi connectivity index (χ4n) is 1.69. The zero-order valence-corrected chi connectivity index (χ0v) is 12.4. The highest BCUT2D eigenvalue weighted by molar-refractivity contribution is 5.94. The van der Waals surface area contributed by atoms with Gasteiger partial charge in [-0.25, -0.2) is 5.43 Å². The second kappa shape index (κ2) is 6.65. The number of amides is 1. The van der Waals surface area contributed by atoms with Crippen molar-refractivity contribution in [1.29, 1.82) is 0 Å². The first-order valence-electron chi connectivity index (χ1n) is 6.60. The van der Waals surface area contributed by atoms with Gasteiger partial charge in [0.1, 0.15) is 0 Å². The Morgan fingerprint density at radius 1 is 1.19 bits per heavy atom. The van der Waals surface area contributed by atoms with E-state index >= 15 is 0 Å². The van der Waals surface area contributed by atoms with Gasteiger partial charge in [-0.15, -0.1) is 0 Å². The van der Waals surface area contributed by atoms with E-state index in [-0.39, 0.29) is 5.91 Å². The molecule has 2 rings (SSSR count). The number of carbonyl (C=O) groups is 1. The molecule has 0 fully saturated rings. The Balaban J connectivity index is 1.95. The molecule has 1 amide bonds. The van der Waals surface area contributed by atoms with Gasteiger partial charge < -0.3 is 4.90 Å². The predicted octanol–water partition coefficient (Wildman–Crippen LogP) is 2.22. The Labute approximate surface area is 124 Å². The van der Waals surface area contributed by atoms with E-state index in [0.29, 0.717) is 5.56 Å². The second-order valence-corrected chi connectivity index (χ2v) is 4.87. The maximum Gasteiger partial charge on any atom is 0.272 e. The molecule has 0 aliphatic heterocycles. The van der Waals surface area contributed by atoms with E-state index in [0.717, 1.165) is 16.9 Å². The lowest BCUT2D eigenvalue weighted by Gasteiger charge is -2.11. The number of nitrogens with one attached hydrogen (secondary N) is 1. The topological polar surface area (TPSA) is 57.6 Å². The number of nitrogens with zero attached hydrogens (tertiary/aromatic N) is 3. The van der Waals surface area contributed by atoms with Crippen LogP contribution in [0.1, 0.15) is 21.6 Å². The van der Waals surface area contributed by atoms with E-state index in [1.807, 2.05) is 50.2 Å². The van der Waals surface area contributed by atoms with E-state index in [4.69, 9.17) is 0 Å². The standard InChI is InChI=1S/C16H18N4O/c1-12-4-7-14(11-17-12)16(21)19-18-10-13-5-8-15(9-6-13)20(2)3/h4-11H,1-3H3,(H,19,21)/b18-10+. The van der Waals surface area contributed by atoms with Gasteiger partial charge >= 0.3 is 0 Å². The smallest absolute Gasteiger partial charge is 0.272 e. The van der Waals surface area contributed by atoms with Crippen LogP contribution in [0.15, 0.2) is 47.7 Å². The highest BCUT2D eigenvalue weighted by Gasteiger charge is 2.03. The summed E-state index contributed by atoms with van der Waals surface area (Å²) in [6.07, 6.45) is 3.14. The molecule has 0 saturated carbocycles. The fourth-order valence-corrected chi connectivity index (χ4v) is 1.69. The number of hydrogen-bond donors (Lipinski definition) is 1. The molecule has 1 heterocycles. The van der Waals surface area contributed by atoms with Gasteiger partial charge in [0.05, 0.1) is 11.8 Å². The number of carbonyl (C=O) groups excluding carboxylic acids is 1. The van der Waals surface area contributed by atoms with Crippen LogP contribution >= 0.6 is 0 Å². The number of rotatable bonds is 4. The molecule has 21 heavy (non-hydrogen) atoms. The Morgan fingerprint density at radius 2 is 1.90 bits per heavy atom. The van der Waals surface area contributed by atoms with Crippen LogP contribution in [0.3, 0.4) is 0 Å². The van der Waals surface area contributed by atoms with E-state index in [9.17, 15) is 4.79 Å². The normalized spacial score (nSPS) is 10.6. The molecular formula is C16H18N4O. The summed E-state index contributed by atoms with van der Waals surface area (Å²) < 4.78 is 0. The van der Waals surface area contributed by atoms with Crippen molar-refractivity contribution in [2.45, 2.75) is 6.92 Å². The highest BCUT2D eigenvalue weighted by Crippen LogP contribution is 2.10. The first-order chi connectivity index (χ1) is 10.1. The lowest BCUT2D eigenvalue weighted by Crippen LogP contribution is -2.17. The summed E-state index contributed by atoms with van der Waals surface area (Å²) in [4.78, 5) is 17.9. The Kier molecular flexibility index (Phi) is 4.66. The van der Waals surface area contributed by atoms with Gasteiger partial charge in [0.2, 0.25) is 0 Å². The van der Waals surface area contributed by atoms with Crippen LogP contribution in [0.4, 0.5) is 5.69 Å². The van der Waals surface area contributed by atoms with Crippen LogP contribution in [-0.2, 0) is 0 Å². The van der Waals surface area contributed by atoms with Crippen molar-refractivity contribution in [3.05, 3.63) is 59.4 Å². The molecule has 0 radical (unpaired) electrons. The maximum absolute atomic E-state index is 11.8. The lowest BCUT2D eigenvalue weighted by molar-refractivity contribution is 0.0955. The van der Waals surface area contributed by atoms with Gasteiger partial charge in [-0.05, 0) is 36.8 Å². The monoisotopic (exact) mass is 282 g/mol. The van der Waals surface area contributed by atoms with E-state index in [2.05, 4.69) is 15.5 Å². The third-order valence-corrected chi connectivity index (χ3v) is 2.96. The molecule has 1 N–H and O–H groups in total. The van der Waals surface area contributed by atoms with Gasteiger partial charge in [0.25, 0.3) is 5.91 Å². The van der Waals surface area contributed by atoms with Gasteiger partial charge in [-0.2, -0.15) is 5.10 Å². The molecule has 2 aromatic rings. The van der Waals surface area contributed by atoms with Crippen molar-refractivity contribution in [1.82, 2.24) is 10.4 Å². The Hall–Kier alpha value is -2.69. The van der Waals surface area contributed by atoms with Gasteiger partial charge in [-0.3, -0.25) is 9.78 Å². The molecular weight excluding hydrogens is 264 g/mol. The molecule has 0 aliphatic carbocycles. The summed E-state index contributed by atoms with van der Waals surface area (Å²) in [5, 5.41) is 3.95. The zero-order valence-electron chi connectivity index (χ0n) is 12.4. The molecule has 0 bridgehead atoms. The summed E-state index contributed by atoms with van der Waals surface area (Å²) in [5.41, 5.74) is 5.87. The first-order valence-corrected chi connectivity index (χ1v) is 6.60. The van der Waals surface area contributed by atoms with Crippen molar-refractivity contribution in [2.24, 2.45) is 5.10 Å². The molecule has 0 saturated heterocycles. The maximum atomic E-state index is 11.8. The average Bonchev–Trinajstić information content (AvgIpc) is 2.48. The summed E-state index contributed by atoms with van der Waals surface area (Å²) in [6.45, 7) is 1.87. The quantitative estimate of drug-likeness (QED) is 0.691. The summed E-state index contributed by atoms with van der Waals surface area (Å²) in [6, 6.07) is 11.4. The average molecular weight is 282 g/mol. The lowest BCUT2D eigenvalue weighted by atomic mass is 10.2. The minimum absolute atomic E-state index is 0.274. The molecule has 0 spiro atoms. The van der Waals surface area contributed by atoms with Crippen molar-refractivity contribution >= 4 is 17.8 Å². The molecule has 0 atom stereocenters. The van der Waals surface area contributed by atoms with Gasteiger partial charge in [0, 0.05) is 31.7 Å². The molecule has 108 valence electrons. The van der Waals surface area contributed by atoms with Crippen molar-refractivity contribution in [2.75, 3.05) is 19.0 Å². The number of hydrogen-bond acceptors (Lipinski definition) is 4. The van der Waals surface area contributed by atoms with Crippen molar-refractivity contribution in [3.63, 3.8) is 0 Å². The van der Waals surface area contributed by atoms with Crippen LogP contribution in [0.2, 0.25) is 0 Å². The SMILES string of the molecule is Cc1ccc(C(=O)N/N=C/c2ccc(N(C)C)cc2)cn1. The molecule has 5 heteroatoms. The minimum atomic E-state index is -0.274. The molecule has 5 nitrogen and oxygen atoms in total.